The summed E-state index contributed by atoms with van der Waals surface area (Å²) in [6.07, 6.45) is -0.00269. The minimum absolute atomic E-state index is 0.211. The highest BCUT2D eigenvalue weighted by atomic mass is 35.5. The van der Waals surface area contributed by atoms with E-state index in [4.69, 9.17) is 16.4 Å². The minimum atomic E-state index is -0.489. The fourth-order valence-electron chi connectivity index (χ4n) is 3.47. The number of nitrogens with zero attached hydrogens (tertiary/aromatic N) is 2. The highest BCUT2D eigenvalue weighted by Gasteiger charge is 2.28. The molecule has 0 aliphatic carbocycles. The van der Waals surface area contributed by atoms with Gasteiger partial charge < -0.3 is 9.74 Å². The number of amides is 1. The van der Waals surface area contributed by atoms with E-state index in [0.717, 1.165) is 5.56 Å². The number of hydrogen-bond acceptors (Lipinski definition) is 3. The van der Waals surface area contributed by atoms with E-state index in [-0.39, 0.29) is 30.4 Å². The molecule has 0 saturated heterocycles. The molecule has 3 aromatic rings. The Balaban J connectivity index is 1.53. The first-order valence-corrected chi connectivity index (χ1v) is 10.1. The van der Waals surface area contributed by atoms with E-state index in [0.29, 0.717) is 22.7 Å². The van der Waals surface area contributed by atoms with Gasteiger partial charge in [-0.3, -0.25) is 4.79 Å². The summed E-state index contributed by atoms with van der Waals surface area (Å²) in [7, 11) is 0. The molecule has 1 amide bonds. The number of oxime groups is 1. The Hall–Kier alpha value is -3.25. The number of carbonyl (C=O) groups excluding carboxylic acids is 1. The molecular formula is C24H19ClF2N2O2. The van der Waals surface area contributed by atoms with Crippen LogP contribution in [0.2, 0.25) is 5.02 Å². The molecule has 7 heteroatoms. The maximum absolute atomic E-state index is 13.7. The second-order valence-electron chi connectivity index (χ2n) is 7.27. The lowest BCUT2D eigenvalue weighted by molar-refractivity contribution is 0.0405. The summed E-state index contributed by atoms with van der Waals surface area (Å²) in [5.74, 6) is -1.19. The van der Waals surface area contributed by atoms with Crippen LogP contribution in [0.4, 0.5) is 8.78 Å². The van der Waals surface area contributed by atoms with Crippen LogP contribution in [-0.2, 0) is 11.4 Å². The molecule has 4 nitrogen and oxygen atoms in total. The van der Waals surface area contributed by atoms with Gasteiger partial charge in [-0.2, -0.15) is 0 Å². The third-order valence-electron chi connectivity index (χ3n) is 4.99. The van der Waals surface area contributed by atoms with Crippen LogP contribution in [0.5, 0.6) is 0 Å². The third-order valence-corrected chi connectivity index (χ3v) is 5.36. The van der Waals surface area contributed by atoms with Crippen LogP contribution in [0.3, 0.4) is 0 Å². The lowest BCUT2D eigenvalue weighted by Gasteiger charge is -2.25. The lowest BCUT2D eigenvalue weighted by Crippen LogP contribution is -2.37. The van der Waals surface area contributed by atoms with Crippen molar-refractivity contribution in [3.8, 4) is 0 Å². The Labute approximate surface area is 183 Å². The van der Waals surface area contributed by atoms with E-state index < -0.39 is 11.9 Å². The molecule has 0 fully saturated rings. The van der Waals surface area contributed by atoms with Gasteiger partial charge in [0.1, 0.15) is 11.6 Å². The SMILES string of the molecule is O=C(c1cccc(F)c1)N(Cc1ccccc1Cl)C[C@@H]1CC(c2cccc(F)c2)=NO1. The van der Waals surface area contributed by atoms with Crippen molar-refractivity contribution >= 4 is 23.2 Å². The van der Waals surface area contributed by atoms with E-state index >= 15 is 0 Å². The molecule has 3 aromatic carbocycles. The Kier molecular flexibility index (Phi) is 6.28. The molecule has 0 bridgehead atoms. The van der Waals surface area contributed by atoms with E-state index in [1.165, 1.54) is 30.3 Å². The zero-order valence-corrected chi connectivity index (χ0v) is 17.2. The maximum atomic E-state index is 13.7. The van der Waals surface area contributed by atoms with Gasteiger partial charge in [-0.1, -0.05) is 53.2 Å². The summed E-state index contributed by atoms with van der Waals surface area (Å²) >= 11 is 6.29. The predicted molar refractivity (Wildman–Crippen MR) is 115 cm³/mol. The fourth-order valence-corrected chi connectivity index (χ4v) is 3.66. The predicted octanol–water partition coefficient (Wildman–Crippen LogP) is 5.45. The second-order valence-corrected chi connectivity index (χ2v) is 7.67. The number of carbonyl (C=O) groups is 1. The van der Waals surface area contributed by atoms with Crippen molar-refractivity contribution in [2.24, 2.45) is 5.16 Å². The number of hydrogen-bond donors (Lipinski definition) is 0. The van der Waals surface area contributed by atoms with E-state index in [1.54, 1.807) is 29.2 Å². The summed E-state index contributed by atoms with van der Waals surface area (Å²) in [4.78, 5) is 20.3. The van der Waals surface area contributed by atoms with E-state index in [2.05, 4.69) is 5.16 Å². The van der Waals surface area contributed by atoms with Gasteiger partial charge in [0.2, 0.25) is 0 Å². The van der Waals surface area contributed by atoms with Crippen LogP contribution < -0.4 is 0 Å². The zero-order chi connectivity index (χ0) is 21.8. The van der Waals surface area contributed by atoms with Crippen LogP contribution in [0.25, 0.3) is 0 Å². The molecular weight excluding hydrogens is 422 g/mol. The van der Waals surface area contributed by atoms with Crippen molar-refractivity contribution in [1.82, 2.24) is 4.90 Å². The Morgan fingerprint density at radius 3 is 2.52 bits per heavy atom. The van der Waals surface area contributed by atoms with Crippen LogP contribution in [0.15, 0.2) is 78.0 Å². The van der Waals surface area contributed by atoms with Gasteiger partial charge in [-0.25, -0.2) is 8.78 Å². The average molecular weight is 441 g/mol. The fraction of sp³-hybridized carbons (Fsp3) is 0.167. The van der Waals surface area contributed by atoms with Crippen molar-refractivity contribution in [2.75, 3.05) is 6.54 Å². The van der Waals surface area contributed by atoms with Crippen molar-refractivity contribution in [2.45, 2.75) is 19.1 Å². The first-order chi connectivity index (χ1) is 15.0. The summed E-state index contributed by atoms with van der Waals surface area (Å²) in [5.41, 5.74) is 2.24. The van der Waals surface area contributed by atoms with Gasteiger partial charge in [0, 0.05) is 29.1 Å². The minimum Gasteiger partial charge on any atom is -0.390 e. The largest absolute Gasteiger partial charge is 0.390 e. The molecule has 4 rings (SSSR count). The standard InChI is InChI=1S/C24H19ClF2N2O2/c25-22-10-2-1-5-18(22)14-29(24(30)17-7-4-9-20(27)12-17)15-21-13-23(28-31-21)16-6-3-8-19(26)11-16/h1-12,21H,13-15H2/t21-/m0/s1. The summed E-state index contributed by atoms with van der Waals surface area (Å²) in [6, 6.07) is 18.9. The average Bonchev–Trinajstić information content (AvgIpc) is 3.23. The van der Waals surface area contributed by atoms with Gasteiger partial charge in [0.15, 0.2) is 6.10 Å². The second kappa shape index (κ2) is 9.27. The summed E-state index contributed by atoms with van der Waals surface area (Å²) in [5, 5.41) is 4.61. The van der Waals surface area contributed by atoms with Crippen LogP contribution in [0.1, 0.15) is 27.9 Å². The van der Waals surface area contributed by atoms with Crippen molar-refractivity contribution in [3.05, 3.63) is 106 Å². The van der Waals surface area contributed by atoms with Crippen LogP contribution >= 0.6 is 11.6 Å². The number of halogens is 3. The number of benzene rings is 3. The summed E-state index contributed by atoms with van der Waals surface area (Å²) < 4.78 is 27.2. The molecule has 1 atom stereocenters. The molecule has 31 heavy (non-hydrogen) atoms. The maximum Gasteiger partial charge on any atom is 0.254 e. The normalized spacial score (nSPS) is 15.3. The van der Waals surface area contributed by atoms with Crippen molar-refractivity contribution < 1.29 is 18.4 Å². The smallest absolute Gasteiger partial charge is 0.254 e. The first-order valence-electron chi connectivity index (χ1n) is 9.76. The Bertz CT molecular complexity index is 1140. The van der Waals surface area contributed by atoms with Crippen molar-refractivity contribution in [1.29, 1.82) is 0 Å². The first kappa shape index (κ1) is 21.0. The van der Waals surface area contributed by atoms with E-state index in [1.807, 2.05) is 18.2 Å². The van der Waals surface area contributed by atoms with Gasteiger partial charge in [-0.15, -0.1) is 0 Å². The molecule has 0 spiro atoms. The Morgan fingerprint density at radius 2 is 1.77 bits per heavy atom. The topological polar surface area (TPSA) is 41.9 Å². The third kappa shape index (κ3) is 5.09. The molecule has 0 radical (unpaired) electrons. The van der Waals surface area contributed by atoms with Gasteiger partial charge in [0.25, 0.3) is 5.91 Å². The molecule has 0 unspecified atom stereocenters. The number of rotatable bonds is 6. The van der Waals surface area contributed by atoms with Gasteiger partial charge in [-0.05, 0) is 42.0 Å². The molecule has 0 aromatic heterocycles. The molecule has 0 N–H and O–H groups in total. The van der Waals surface area contributed by atoms with Crippen LogP contribution in [0, 0.1) is 11.6 Å². The van der Waals surface area contributed by atoms with Gasteiger partial charge in [0.05, 0.1) is 12.3 Å². The molecule has 1 aliphatic heterocycles. The molecule has 0 saturated carbocycles. The van der Waals surface area contributed by atoms with E-state index in [9.17, 15) is 13.6 Å². The monoisotopic (exact) mass is 440 g/mol. The quantitative estimate of drug-likeness (QED) is 0.511. The highest BCUT2D eigenvalue weighted by molar-refractivity contribution is 6.31. The highest BCUT2D eigenvalue weighted by Crippen LogP contribution is 2.23. The van der Waals surface area contributed by atoms with Crippen molar-refractivity contribution in [3.63, 3.8) is 0 Å². The van der Waals surface area contributed by atoms with Crippen LogP contribution in [-0.4, -0.2) is 29.2 Å². The molecule has 1 heterocycles. The van der Waals surface area contributed by atoms with Gasteiger partial charge >= 0.3 is 0 Å². The molecule has 158 valence electrons. The lowest BCUT2D eigenvalue weighted by atomic mass is 10.0. The molecule has 1 aliphatic rings. The zero-order valence-electron chi connectivity index (χ0n) is 16.5. The summed E-state index contributed by atoms with van der Waals surface area (Å²) in [6.45, 7) is 0.438. The Morgan fingerprint density at radius 1 is 1.03 bits per heavy atom.